The molecule has 0 radical (unpaired) electrons. The van der Waals surface area contributed by atoms with Gasteiger partial charge in [0.15, 0.2) is 0 Å². The first kappa shape index (κ1) is 15.2. The van der Waals surface area contributed by atoms with Crippen LogP contribution in [0.1, 0.15) is 25.7 Å². The summed E-state index contributed by atoms with van der Waals surface area (Å²) in [5, 5.41) is 3.04. The first-order valence-electron chi connectivity index (χ1n) is 5.97. The Morgan fingerprint density at radius 3 is 2.67 bits per heavy atom. The van der Waals surface area contributed by atoms with Crippen LogP contribution >= 0.6 is 12.4 Å². The van der Waals surface area contributed by atoms with Gasteiger partial charge in [-0.05, 0) is 25.7 Å². The molecule has 0 aromatic heterocycles. The van der Waals surface area contributed by atoms with Crippen molar-refractivity contribution in [2.75, 3.05) is 13.2 Å². The van der Waals surface area contributed by atoms with Gasteiger partial charge in [-0.25, -0.2) is 0 Å². The van der Waals surface area contributed by atoms with Crippen molar-refractivity contribution in [3.8, 4) is 0 Å². The fourth-order valence-corrected chi connectivity index (χ4v) is 2.68. The Labute approximate surface area is 112 Å². The molecular formula is C11H20ClN3O3. The minimum absolute atomic E-state index is 0. The monoisotopic (exact) mass is 277 g/mol. The summed E-state index contributed by atoms with van der Waals surface area (Å²) < 4.78 is 5.30. The van der Waals surface area contributed by atoms with Crippen LogP contribution in [0.5, 0.6) is 0 Å². The number of nitrogens with two attached hydrogens (primary N) is 2. The van der Waals surface area contributed by atoms with Crippen molar-refractivity contribution < 1.29 is 14.3 Å². The van der Waals surface area contributed by atoms with Crippen molar-refractivity contribution in [1.29, 1.82) is 0 Å². The standard InChI is InChI=1S/C11H19N3O3.ClH/c12-8(9(13)15)5-7-6-11(14-10(7)16)1-3-17-4-2-11;/h7-8H,1-6,12H2,(H2,13,15)(H,14,16);1H/t7?,8-;/m0./s1. The smallest absolute Gasteiger partial charge is 0.234 e. The third-order valence-corrected chi connectivity index (χ3v) is 3.75. The van der Waals surface area contributed by atoms with Crippen molar-refractivity contribution in [3.05, 3.63) is 0 Å². The number of carbonyl (C=O) groups excluding carboxylic acids is 2. The molecule has 104 valence electrons. The Bertz CT molecular complexity index is 331. The van der Waals surface area contributed by atoms with Gasteiger partial charge in [0.05, 0.1) is 6.04 Å². The molecule has 2 aliphatic rings. The third-order valence-electron chi connectivity index (χ3n) is 3.75. The van der Waals surface area contributed by atoms with E-state index in [0.29, 0.717) is 19.6 Å². The molecule has 2 saturated heterocycles. The van der Waals surface area contributed by atoms with Gasteiger partial charge in [-0.2, -0.15) is 0 Å². The van der Waals surface area contributed by atoms with Gasteiger partial charge in [0.25, 0.3) is 0 Å². The van der Waals surface area contributed by atoms with Gasteiger partial charge in [0.1, 0.15) is 0 Å². The molecule has 0 aromatic rings. The predicted octanol–water partition coefficient (Wildman–Crippen LogP) is -0.704. The van der Waals surface area contributed by atoms with Crippen LogP contribution in [0.25, 0.3) is 0 Å². The number of carbonyl (C=O) groups is 2. The number of amides is 2. The first-order chi connectivity index (χ1) is 8.02. The molecule has 1 unspecified atom stereocenters. The van der Waals surface area contributed by atoms with Gasteiger partial charge in [-0.1, -0.05) is 0 Å². The van der Waals surface area contributed by atoms with Crippen LogP contribution in [0.4, 0.5) is 0 Å². The average Bonchev–Trinajstić information content (AvgIpc) is 2.56. The summed E-state index contributed by atoms with van der Waals surface area (Å²) >= 11 is 0. The van der Waals surface area contributed by atoms with Crippen molar-refractivity contribution in [2.24, 2.45) is 17.4 Å². The second-order valence-electron chi connectivity index (χ2n) is 5.03. The summed E-state index contributed by atoms with van der Waals surface area (Å²) in [5.41, 5.74) is 10.6. The maximum Gasteiger partial charge on any atom is 0.234 e. The van der Waals surface area contributed by atoms with Crippen molar-refractivity contribution in [3.63, 3.8) is 0 Å². The first-order valence-corrected chi connectivity index (χ1v) is 5.97. The highest BCUT2D eigenvalue weighted by Crippen LogP contribution is 2.35. The van der Waals surface area contributed by atoms with E-state index >= 15 is 0 Å². The molecule has 18 heavy (non-hydrogen) atoms. The quantitative estimate of drug-likeness (QED) is 0.634. The molecule has 7 heteroatoms. The van der Waals surface area contributed by atoms with E-state index in [1.165, 1.54) is 0 Å². The Balaban J connectivity index is 0.00000162. The van der Waals surface area contributed by atoms with Crippen LogP contribution in [0.3, 0.4) is 0 Å². The Morgan fingerprint density at radius 1 is 1.50 bits per heavy atom. The van der Waals surface area contributed by atoms with Crippen LogP contribution in [0.15, 0.2) is 0 Å². The number of hydrogen-bond donors (Lipinski definition) is 3. The zero-order valence-electron chi connectivity index (χ0n) is 10.2. The summed E-state index contributed by atoms with van der Waals surface area (Å²) in [6.45, 7) is 1.35. The van der Waals surface area contributed by atoms with E-state index < -0.39 is 11.9 Å². The highest BCUT2D eigenvalue weighted by Gasteiger charge is 2.45. The highest BCUT2D eigenvalue weighted by molar-refractivity contribution is 5.85. The second-order valence-corrected chi connectivity index (χ2v) is 5.03. The lowest BCUT2D eigenvalue weighted by Crippen LogP contribution is -2.45. The molecule has 1 spiro atoms. The molecule has 2 atom stereocenters. The topological polar surface area (TPSA) is 107 Å². The van der Waals surface area contributed by atoms with E-state index in [-0.39, 0.29) is 29.8 Å². The maximum absolute atomic E-state index is 11.8. The minimum atomic E-state index is -0.735. The molecule has 0 saturated carbocycles. The molecule has 2 aliphatic heterocycles. The van der Waals surface area contributed by atoms with Gasteiger partial charge in [-0.3, -0.25) is 9.59 Å². The highest BCUT2D eigenvalue weighted by atomic mass is 35.5. The summed E-state index contributed by atoms with van der Waals surface area (Å²) in [4.78, 5) is 22.8. The van der Waals surface area contributed by atoms with E-state index in [2.05, 4.69) is 5.32 Å². The summed E-state index contributed by atoms with van der Waals surface area (Å²) in [5.74, 6) is -0.759. The average molecular weight is 278 g/mol. The number of hydrogen-bond acceptors (Lipinski definition) is 4. The normalized spacial score (nSPS) is 27.4. The lowest BCUT2D eigenvalue weighted by molar-refractivity contribution is -0.124. The SMILES string of the molecule is Cl.NC(=O)[C@@H](N)CC1CC2(CCOCC2)NC1=O. The molecule has 2 heterocycles. The van der Waals surface area contributed by atoms with Crippen molar-refractivity contribution in [1.82, 2.24) is 5.32 Å². The fourth-order valence-electron chi connectivity index (χ4n) is 2.68. The number of nitrogens with one attached hydrogen (secondary N) is 1. The molecule has 2 rings (SSSR count). The number of halogens is 1. The molecular weight excluding hydrogens is 258 g/mol. The van der Waals surface area contributed by atoms with Gasteiger partial charge >= 0.3 is 0 Å². The molecule has 2 fully saturated rings. The zero-order valence-corrected chi connectivity index (χ0v) is 11.0. The van der Waals surface area contributed by atoms with Crippen LogP contribution in [-0.2, 0) is 14.3 Å². The van der Waals surface area contributed by atoms with E-state index in [1.807, 2.05) is 0 Å². The number of ether oxygens (including phenoxy) is 1. The van der Waals surface area contributed by atoms with Crippen LogP contribution in [0, 0.1) is 5.92 Å². The zero-order chi connectivity index (χ0) is 12.5. The lowest BCUT2D eigenvalue weighted by Gasteiger charge is -2.33. The van der Waals surface area contributed by atoms with E-state index in [1.54, 1.807) is 0 Å². The Morgan fingerprint density at radius 2 is 2.11 bits per heavy atom. The summed E-state index contributed by atoms with van der Waals surface area (Å²) in [7, 11) is 0. The van der Waals surface area contributed by atoms with Crippen molar-refractivity contribution in [2.45, 2.75) is 37.3 Å². The molecule has 0 aromatic carbocycles. The van der Waals surface area contributed by atoms with E-state index in [9.17, 15) is 9.59 Å². The third kappa shape index (κ3) is 3.13. The largest absolute Gasteiger partial charge is 0.381 e. The molecule has 0 aliphatic carbocycles. The predicted molar refractivity (Wildman–Crippen MR) is 68.1 cm³/mol. The Hall–Kier alpha value is -0.850. The minimum Gasteiger partial charge on any atom is -0.381 e. The van der Waals surface area contributed by atoms with E-state index in [4.69, 9.17) is 16.2 Å². The van der Waals surface area contributed by atoms with Gasteiger partial charge in [0.2, 0.25) is 11.8 Å². The van der Waals surface area contributed by atoms with Gasteiger partial charge in [0, 0.05) is 24.7 Å². The maximum atomic E-state index is 11.8. The second kappa shape index (κ2) is 5.86. The van der Waals surface area contributed by atoms with E-state index in [0.717, 1.165) is 19.3 Å². The van der Waals surface area contributed by atoms with Crippen molar-refractivity contribution >= 4 is 24.2 Å². The molecule has 2 amide bonds. The number of primary amides is 1. The summed E-state index contributed by atoms with van der Waals surface area (Å²) in [6.07, 6.45) is 2.74. The molecule has 0 bridgehead atoms. The molecule has 5 N–H and O–H groups in total. The molecule has 6 nitrogen and oxygen atoms in total. The van der Waals surface area contributed by atoms with Crippen LogP contribution in [0.2, 0.25) is 0 Å². The number of rotatable bonds is 3. The van der Waals surface area contributed by atoms with Crippen LogP contribution in [-0.4, -0.2) is 36.6 Å². The van der Waals surface area contributed by atoms with Gasteiger partial charge in [-0.15, -0.1) is 12.4 Å². The lowest BCUT2D eigenvalue weighted by atomic mass is 9.84. The summed E-state index contributed by atoms with van der Waals surface area (Å²) in [6, 6.07) is -0.735. The Kier molecular flexibility index (Phi) is 4.95. The fraction of sp³-hybridized carbons (Fsp3) is 0.818. The van der Waals surface area contributed by atoms with Crippen LogP contribution < -0.4 is 16.8 Å². The van der Waals surface area contributed by atoms with Gasteiger partial charge < -0.3 is 21.5 Å².